The van der Waals surface area contributed by atoms with Crippen LogP contribution in [0, 0.1) is 0 Å². The van der Waals surface area contributed by atoms with Gasteiger partial charge in [0.1, 0.15) is 11.5 Å². The lowest BCUT2D eigenvalue weighted by Gasteiger charge is -2.06. The Bertz CT molecular complexity index is 310. The van der Waals surface area contributed by atoms with Crippen LogP contribution in [0.5, 0.6) is 11.5 Å². The number of likely N-dealkylation sites (N-methyl/N-ethyl adjacent to an activating group) is 1. The Hall–Kier alpha value is -1.22. The summed E-state index contributed by atoms with van der Waals surface area (Å²) in [5, 5.41) is 12.4. The monoisotopic (exact) mass is 179 g/mol. The summed E-state index contributed by atoms with van der Waals surface area (Å²) in [5.41, 5.74) is 1.11. The fraction of sp³-hybridized carbons (Fsp3) is 0.400. The predicted molar refractivity (Wildman–Crippen MR) is 50.3 cm³/mol. The fourth-order valence-electron chi connectivity index (χ4n) is 1.68. The number of phenolic OH excluding ortho intramolecular Hbond substituents is 1. The first kappa shape index (κ1) is 8.38. The molecule has 1 aliphatic rings. The van der Waals surface area contributed by atoms with Crippen LogP contribution in [0.15, 0.2) is 18.2 Å². The highest BCUT2D eigenvalue weighted by Gasteiger charge is 2.23. The van der Waals surface area contributed by atoms with E-state index in [0.29, 0.717) is 18.3 Å². The number of nitrogens with one attached hydrogen (secondary N) is 1. The second-order valence-corrected chi connectivity index (χ2v) is 3.29. The van der Waals surface area contributed by atoms with E-state index >= 15 is 0 Å². The molecule has 2 N–H and O–H groups in total. The summed E-state index contributed by atoms with van der Waals surface area (Å²) in [4.78, 5) is 0. The van der Waals surface area contributed by atoms with E-state index in [2.05, 4.69) is 5.32 Å². The van der Waals surface area contributed by atoms with Crippen LogP contribution in [0.2, 0.25) is 0 Å². The van der Waals surface area contributed by atoms with Crippen molar-refractivity contribution in [1.82, 2.24) is 5.32 Å². The average molecular weight is 179 g/mol. The first-order valence-electron chi connectivity index (χ1n) is 4.41. The number of aromatic hydroxyl groups is 1. The number of hydrogen-bond acceptors (Lipinski definition) is 3. The van der Waals surface area contributed by atoms with Crippen LogP contribution >= 0.6 is 0 Å². The first-order chi connectivity index (χ1) is 6.31. The van der Waals surface area contributed by atoms with Gasteiger partial charge in [0.05, 0.1) is 6.61 Å². The molecule has 1 heterocycles. The molecule has 3 heteroatoms. The fourth-order valence-corrected chi connectivity index (χ4v) is 1.68. The minimum atomic E-state index is 0.311. The minimum absolute atomic E-state index is 0.311. The molecule has 1 aromatic rings. The van der Waals surface area contributed by atoms with Gasteiger partial charge in [0, 0.05) is 18.0 Å². The Morgan fingerprint density at radius 1 is 1.62 bits per heavy atom. The Morgan fingerprint density at radius 2 is 2.46 bits per heavy atom. The van der Waals surface area contributed by atoms with E-state index in [-0.39, 0.29) is 0 Å². The van der Waals surface area contributed by atoms with Gasteiger partial charge in [0.25, 0.3) is 0 Å². The van der Waals surface area contributed by atoms with Crippen LogP contribution in [-0.4, -0.2) is 25.3 Å². The lowest BCUT2D eigenvalue weighted by Crippen LogP contribution is -2.17. The van der Waals surface area contributed by atoms with Gasteiger partial charge in [0.2, 0.25) is 0 Å². The van der Waals surface area contributed by atoms with Gasteiger partial charge < -0.3 is 15.2 Å². The molecule has 0 fully saturated rings. The van der Waals surface area contributed by atoms with Crippen molar-refractivity contribution in [3.05, 3.63) is 23.8 Å². The Morgan fingerprint density at radius 3 is 3.23 bits per heavy atom. The highest BCUT2D eigenvalue weighted by molar-refractivity contribution is 5.44. The van der Waals surface area contributed by atoms with Crippen LogP contribution < -0.4 is 10.1 Å². The van der Waals surface area contributed by atoms with Crippen molar-refractivity contribution in [3.8, 4) is 11.5 Å². The highest BCUT2D eigenvalue weighted by atomic mass is 16.5. The van der Waals surface area contributed by atoms with Crippen molar-refractivity contribution in [3.63, 3.8) is 0 Å². The van der Waals surface area contributed by atoms with Crippen LogP contribution in [-0.2, 0) is 0 Å². The van der Waals surface area contributed by atoms with Crippen molar-refractivity contribution >= 4 is 0 Å². The molecule has 0 spiro atoms. The number of fused-ring (bicyclic) bond motifs is 1. The van der Waals surface area contributed by atoms with Crippen LogP contribution in [0.25, 0.3) is 0 Å². The summed E-state index contributed by atoms with van der Waals surface area (Å²) in [6, 6.07) is 5.26. The molecule has 0 saturated carbocycles. The molecular weight excluding hydrogens is 166 g/mol. The second kappa shape index (κ2) is 3.26. The lowest BCUT2D eigenvalue weighted by molar-refractivity contribution is 0.328. The molecule has 1 aromatic carbocycles. The number of ether oxygens (including phenoxy) is 1. The van der Waals surface area contributed by atoms with Crippen molar-refractivity contribution in [1.29, 1.82) is 0 Å². The molecule has 1 aliphatic heterocycles. The molecule has 13 heavy (non-hydrogen) atoms. The van der Waals surface area contributed by atoms with Crippen LogP contribution in [0.4, 0.5) is 0 Å². The van der Waals surface area contributed by atoms with Gasteiger partial charge in [-0.2, -0.15) is 0 Å². The third kappa shape index (κ3) is 1.47. The largest absolute Gasteiger partial charge is 0.508 e. The SMILES string of the molecule is CNCC1COc2ccc(O)cc21. The van der Waals surface area contributed by atoms with Crippen molar-refractivity contribution < 1.29 is 9.84 Å². The summed E-state index contributed by atoms with van der Waals surface area (Å²) < 4.78 is 5.47. The minimum Gasteiger partial charge on any atom is -0.508 e. The molecular formula is C10H13NO2. The highest BCUT2D eigenvalue weighted by Crippen LogP contribution is 2.35. The van der Waals surface area contributed by atoms with Gasteiger partial charge in [-0.3, -0.25) is 0 Å². The third-order valence-electron chi connectivity index (χ3n) is 2.32. The maximum Gasteiger partial charge on any atom is 0.123 e. The molecule has 0 radical (unpaired) electrons. The van der Waals surface area contributed by atoms with Gasteiger partial charge in [0.15, 0.2) is 0 Å². The maximum absolute atomic E-state index is 9.31. The summed E-state index contributed by atoms with van der Waals surface area (Å²) in [5.74, 6) is 1.58. The molecule has 70 valence electrons. The molecule has 0 bridgehead atoms. The Labute approximate surface area is 77.3 Å². The van der Waals surface area contributed by atoms with Crippen molar-refractivity contribution in [2.75, 3.05) is 20.2 Å². The predicted octanol–water partition coefficient (Wildman–Crippen LogP) is 1.09. The lowest BCUT2D eigenvalue weighted by atomic mass is 10.0. The number of phenols is 1. The zero-order chi connectivity index (χ0) is 9.26. The summed E-state index contributed by atoms with van der Waals surface area (Å²) in [6.07, 6.45) is 0. The van der Waals surface area contributed by atoms with Crippen molar-refractivity contribution in [2.45, 2.75) is 5.92 Å². The first-order valence-corrected chi connectivity index (χ1v) is 4.41. The van der Waals surface area contributed by atoms with Gasteiger partial charge >= 0.3 is 0 Å². The van der Waals surface area contributed by atoms with E-state index in [4.69, 9.17) is 4.74 Å². The molecule has 0 saturated heterocycles. The zero-order valence-electron chi connectivity index (χ0n) is 7.58. The smallest absolute Gasteiger partial charge is 0.123 e. The molecule has 1 atom stereocenters. The standard InChI is InChI=1S/C10H13NO2/c1-11-5-7-6-13-10-3-2-8(12)4-9(7)10/h2-4,7,11-12H,5-6H2,1H3. The normalized spacial score (nSPS) is 19.6. The van der Waals surface area contributed by atoms with E-state index in [1.165, 1.54) is 0 Å². The van der Waals surface area contributed by atoms with Gasteiger partial charge in [-0.25, -0.2) is 0 Å². The average Bonchev–Trinajstić information content (AvgIpc) is 2.49. The van der Waals surface area contributed by atoms with E-state index < -0.39 is 0 Å². The molecule has 2 rings (SSSR count). The summed E-state index contributed by atoms with van der Waals surface area (Å²) in [7, 11) is 1.92. The quantitative estimate of drug-likeness (QED) is 0.714. The topological polar surface area (TPSA) is 41.5 Å². The van der Waals surface area contributed by atoms with E-state index in [1.54, 1.807) is 12.1 Å². The van der Waals surface area contributed by atoms with E-state index in [1.807, 2.05) is 13.1 Å². The Balaban J connectivity index is 2.29. The zero-order valence-corrected chi connectivity index (χ0v) is 7.58. The second-order valence-electron chi connectivity index (χ2n) is 3.29. The molecule has 0 aliphatic carbocycles. The van der Waals surface area contributed by atoms with Gasteiger partial charge in [-0.15, -0.1) is 0 Å². The van der Waals surface area contributed by atoms with Crippen molar-refractivity contribution in [2.24, 2.45) is 0 Å². The van der Waals surface area contributed by atoms with Crippen LogP contribution in [0.3, 0.4) is 0 Å². The van der Waals surface area contributed by atoms with E-state index in [9.17, 15) is 5.11 Å². The number of benzene rings is 1. The number of hydrogen-bond donors (Lipinski definition) is 2. The molecule has 1 unspecified atom stereocenters. The molecule has 0 aromatic heterocycles. The van der Waals surface area contributed by atoms with Crippen LogP contribution in [0.1, 0.15) is 11.5 Å². The Kier molecular flexibility index (Phi) is 2.10. The maximum atomic E-state index is 9.31. The third-order valence-corrected chi connectivity index (χ3v) is 2.32. The summed E-state index contributed by atoms with van der Waals surface area (Å²) in [6.45, 7) is 1.59. The number of rotatable bonds is 2. The molecule has 3 nitrogen and oxygen atoms in total. The van der Waals surface area contributed by atoms with Gasteiger partial charge in [-0.05, 0) is 25.2 Å². The summed E-state index contributed by atoms with van der Waals surface area (Å²) >= 11 is 0. The molecule has 0 amide bonds. The van der Waals surface area contributed by atoms with E-state index in [0.717, 1.165) is 17.9 Å². The van der Waals surface area contributed by atoms with Gasteiger partial charge in [-0.1, -0.05) is 0 Å².